The van der Waals surface area contributed by atoms with E-state index in [1.807, 2.05) is 54.6 Å². The van der Waals surface area contributed by atoms with Gasteiger partial charge in [0, 0.05) is 28.2 Å². The molecule has 0 saturated heterocycles. The molecule has 0 amide bonds. The van der Waals surface area contributed by atoms with Gasteiger partial charge in [-0.25, -0.2) is 0 Å². The van der Waals surface area contributed by atoms with E-state index in [0.29, 0.717) is 13.2 Å². The Morgan fingerprint density at radius 1 is 0.931 bits per heavy atom. The second-order valence-electron chi connectivity index (χ2n) is 6.27. The van der Waals surface area contributed by atoms with Crippen LogP contribution in [0.25, 0.3) is 11.4 Å². The summed E-state index contributed by atoms with van der Waals surface area (Å²) in [6, 6.07) is 22.1. The van der Waals surface area contributed by atoms with Gasteiger partial charge in [-0.2, -0.15) is 0 Å². The summed E-state index contributed by atoms with van der Waals surface area (Å²) in [6.45, 7) is 1.30. The summed E-state index contributed by atoms with van der Waals surface area (Å²) in [5.74, 6) is 2.46. The number of nitrogens with zero attached hydrogens (tertiary/aromatic N) is 4. The molecule has 2 heterocycles. The van der Waals surface area contributed by atoms with Gasteiger partial charge in [0.15, 0.2) is 11.0 Å². The molecule has 5 nitrogen and oxygen atoms in total. The van der Waals surface area contributed by atoms with Crippen molar-refractivity contribution in [2.45, 2.75) is 11.7 Å². The molecule has 0 saturated carbocycles. The molecule has 0 aliphatic heterocycles. The number of ether oxygens (including phenoxy) is 1. The molecule has 0 fully saturated rings. The summed E-state index contributed by atoms with van der Waals surface area (Å²) in [5, 5.41) is 9.76. The second-order valence-corrected chi connectivity index (χ2v) is 8.25. The first-order valence-corrected chi connectivity index (χ1v) is 11.0. The number of halogens is 1. The van der Waals surface area contributed by atoms with Gasteiger partial charge in [0.1, 0.15) is 5.75 Å². The summed E-state index contributed by atoms with van der Waals surface area (Å²) in [4.78, 5) is 4.10. The maximum atomic E-state index is 5.84. The summed E-state index contributed by atoms with van der Waals surface area (Å²) in [6.07, 6.45) is 3.55. The highest BCUT2D eigenvalue weighted by Crippen LogP contribution is 2.25. The molecule has 2 aromatic carbocycles. The quantitative estimate of drug-likeness (QED) is 0.259. The molecule has 0 unspecified atom stereocenters. The van der Waals surface area contributed by atoms with Gasteiger partial charge >= 0.3 is 0 Å². The number of hydrogen-bond donors (Lipinski definition) is 0. The van der Waals surface area contributed by atoms with Crippen LogP contribution in [0.15, 0.2) is 88.8 Å². The molecule has 0 spiro atoms. The normalized spacial score (nSPS) is 10.8. The van der Waals surface area contributed by atoms with Gasteiger partial charge in [0.25, 0.3) is 0 Å². The van der Waals surface area contributed by atoms with Crippen LogP contribution in [0.5, 0.6) is 5.75 Å². The minimum Gasteiger partial charge on any atom is -0.493 e. The predicted molar refractivity (Wildman–Crippen MR) is 119 cm³/mol. The molecule has 4 aromatic rings. The summed E-state index contributed by atoms with van der Waals surface area (Å²) >= 11 is 5.10. The van der Waals surface area contributed by atoms with Crippen LogP contribution in [0.3, 0.4) is 0 Å². The number of aromatic nitrogens is 4. The number of rotatable bonds is 8. The third-order valence-corrected chi connectivity index (χ3v) is 5.64. The Kier molecular flexibility index (Phi) is 6.59. The fourth-order valence-electron chi connectivity index (χ4n) is 2.87. The van der Waals surface area contributed by atoms with Crippen LogP contribution in [0.4, 0.5) is 0 Å². The summed E-state index contributed by atoms with van der Waals surface area (Å²) in [5.41, 5.74) is 2.20. The lowest BCUT2D eigenvalue weighted by Gasteiger charge is -2.11. The molecule has 0 aliphatic rings. The van der Waals surface area contributed by atoms with E-state index in [1.165, 1.54) is 5.56 Å². The van der Waals surface area contributed by atoms with Gasteiger partial charge < -0.3 is 4.74 Å². The van der Waals surface area contributed by atoms with Gasteiger partial charge in [0.05, 0.1) is 13.2 Å². The second kappa shape index (κ2) is 9.71. The van der Waals surface area contributed by atoms with Crippen molar-refractivity contribution in [1.82, 2.24) is 19.7 Å². The maximum Gasteiger partial charge on any atom is 0.191 e. The van der Waals surface area contributed by atoms with Crippen LogP contribution in [-0.2, 0) is 6.54 Å². The number of hydrogen-bond acceptors (Lipinski definition) is 5. The molecular weight excluding hydrogens is 448 g/mol. The minimum absolute atomic E-state index is 0.587. The average molecular weight is 467 g/mol. The Morgan fingerprint density at radius 3 is 2.55 bits per heavy atom. The molecule has 4 rings (SSSR count). The van der Waals surface area contributed by atoms with Crippen LogP contribution in [0.2, 0.25) is 0 Å². The van der Waals surface area contributed by atoms with Crippen LogP contribution in [0, 0.1) is 0 Å². The van der Waals surface area contributed by atoms with E-state index in [9.17, 15) is 0 Å². The van der Waals surface area contributed by atoms with Crippen molar-refractivity contribution < 1.29 is 4.74 Å². The first kappa shape index (κ1) is 19.7. The molecule has 7 heteroatoms. The molecule has 146 valence electrons. The van der Waals surface area contributed by atoms with Gasteiger partial charge in [-0.15, -0.1) is 10.2 Å². The van der Waals surface area contributed by atoms with E-state index in [1.54, 1.807) is 24.2 Å². The highest BCUT2D eigenvalue weighted by molar-refractivity contribution is 9.10. The Hall–Kier alpha value is -2.64. The zero-order valence-corrected chi connectivity index (χ0v) is 18.0. The Balaban J connectivity index is 1.49. The number of pyridine rings is 1. The molecule has 29 heavy (non-hydrogen) atoms. The number of thioether (sulfide) groups is 1. The van der Waals surface area contributed by atoms with Crippen molar-refractivity contribution in [2.24, 2.45) is 0 Å². The van der Waals surface area contributed by atoms with Gasteiger partial charge in [-0.3, -0.25) is 9.55 Å². The standard InChI is InChI=1S/C22H19BrN4OS/c23-19-7-4-8-20(15-19)28-13-14-29-22-26-25-21(18-9-11-24-12-10-18)27(22)16-17-5-2-1-3-6-17/h1-12,15H,13-14,16H2. The van der Waals surface area contributed by atoms with Crippen LogP contribution in [-0.4, -0.2) is 32.1 Å². The van der Waals surface area contributed by atoms with Crippen LogP contribution >= 0.6 is 27.7 Å². The Bertz CT molecular complexity index is 1060. The van der Waals surface area contributed by atoms with Crippen LogP contribution < -0.4 is 4.74 Å². The van der Waals surface area contributed by atoms with E-state index in [4.69, 9.17) is 4.74 Å². The third-order valence-electron chi connectivity index (χ3n) is 4.22. The third kappa shape index (κ3) is 5.25. The van der Waals surface area contributed by atoms with E-state index >= 15 is 0 Å². The molecule has 2 aromatic heterocycles. The fourth-order valence-corrected chi connectivity index (χ4v) is 4.00. The summed E-state index contributed by atoms with van der Waals surface area (Å²) in [7, 11) is 0. The van der Waals surface area contributed by atoms with Crippen molar-refractivity contribution >= 4 is 27.7 Å². The van der Waals surface area contributed by atoms with E-state index in [-0.39, 0.29) is 0 Å². The fraction of sp³-hybridized carbons (Fsp3) is 0.136. The van der Waals surface area contributed by atoms with Gasteiger partial charge in [-0.05, 0) is 35.9 Å². The molecule has 0 radical (unpaired) electrons. The van der Waals surface area contributed by atoms with Crippen molar-refractivity contribution in [1.29, 1.82) is 0 Å². The van der Waals surface area contributed by atoms with Gasteiger partial charge in [0.2, 0.25) is 0 Å². The molecule has 0 bridgehead atoms. The maximum absolute atomic E-state index is 5.84. The smallest absolute Gasteiger partial charge is 0.191 e. The lowest BCUT2D eigenvalue weighted by atomic mass is 10.2. The molecule has 0 atom stereocenters. The monoisotopic (exact) mass is 466 g/mol. The Morgan fingerprint density at radius 2 is 1.76 bits per heavy atom. The lowest BCUT2D eigenvalue weighted by Crippen LogP contribution is -2.06. The van der Waals surface area contributed by atoms with E-state index in [0.717, 1.165) is 32.5 Å². The van der Waals surface area contributed by atoms with Crippen molar-refractivity contribution in [3.63, 3.8) is 0 Å². The largest absolute Gasteiger partial charge is 0.493 e. The highest BCUT2D eigenvalue weighted by Gasteiger charge is 2.15. The lowest BCUT2D eigenvalue weighted by molar-refractivity contribution is 0.343. The Labute approximate surface area is 182 Å². The highest BCUT2D eigenvalue weighted by atomic mass is 79.9. The summed E-state index contributed by atoms with van der Waals surface area (Å²) < 4.78 is 9.00. The average Bonchev–Trinajstić information content (AvgIpc) is 3.15. The van der Waals surface area contributed by atoms with E-state index < -0.39 is 0 Å². The zero-order chi connectivity index (χ0) is 19.9. The minimum atomic E-state index is 0.587. The zero-order valence-electron chi connectivity index (χ0n) is 15.6. The van der Waals surface area contributed by atoms with E-state index in [2.05, 4.69) is 47.8 Å². The number of benzene rings is 2. The first-order valence-electron chi connectivity index (χ1n) is 9.18. The van der Waals surface area contributed by atoms with Crippen LogP contribution in [0.1, 0.15) is 5.56 Å². The predicted octanol–water partition coefficient (Wildman–Crippen LogP) is 5.32. The SMILES string of the molecule is Brc1cccc(OCCSc2nnc(-c3ccncc3)n2Cc2ccccc2)c1. The van der Waals surface area contributed by atoms with Gasteiger partial charge in [-0.1, -0.05) is 64.1 Å². The molecule has 0 N–H and O–H groups in total. The first-order chi connectivity index (χ1) is 14.3. The van der Waals surface area contributed by atoms with Crippen molar-refractivity contribution in [2.75, 3.05) is 12.4 Å². The van der Waals surface area contributed by atoms with Crippen molar-refractivity contribution in [3.05, 3.63) is 89.2 Å². The topological polar surface area (TPSA) is 52.8 Å². The molecular formula is C22H19BrN4OS. The van der Waals surface area contributed by atoms with Crippen molar-refractivity contribution in [3.8, 4) is 17.1 Å². The molecule has 0 aliphatic carbocycles.